The van der Waals surface area contributed by atoms with Crippen molar-refractivity contribution in [2.24, 2.45) is 5.92 Å². The number of hydrogen-bond acceptors (Lipinski definition) is 3. The van der Waals surface area contributed by atoms with Crippen LogP contribution >= 0.6 is 11.8 Å². The number of rotatable bonds is 6. The summed E-state index contributed by atoms with van der Waals surface area (Å²) in [5.41, 5.74) is 0. The van der Waals surface area contributed by atoms with Crippen LogP contribution in [0.1, 0.15) is 6.92 Å². The van der Waals surface area contributed by atoms with Crippen LogP contribution in [0.2, 0.25) is 0 Å². The van der Waals surface area contributed by atoms with Gasteiger partial charge in [-0.05, 0) is 11.7 Å². The Morgan fingerprint density at radius 1 is 1.71 bits per heavy atom. The van der Waals surface area contributed by atoms with E-state index < -0.39 is 0 Å². The quantitative estimate of drug-likeness (QED) is 0.633. The van der Waals surface area contributed by atoms with E-state index in [1.165, 1.54) is 0 Å². The van der Waals surface area contributed by atoms with Crippen molar-refractivity contribution in [3.63, 3.8) is 0 Å². The lowest BCUT2D eigenvalue weighted by Crippen LogP contribution is -2.30. The van der Waals surface area contributed by atoms with E-state index in [0.717, 1.165) is 31.1 Å². The molecule has 0 spiro atoms. The number of urea groups is 1. The van der Waals surface area contributed by atoms with Crippen molar-refractivity contribution in [1.29, 1.82) is 0 Å². The molecule has 14 heavy (non-hydrogen) atoms. The first-order chi connectivity index (χ1) is 6.74. The molecule has 0 saturated carbocycles. The number of nitrogens with one attached hydrogen (secondary N) is 1. The second kappa shape index (κ2) is 6.14. The van der Waals surface area contributed by atoms with Crippen molar-refractivity contribution in [3.8, 4) is 0 Å². The van der Waals surface area contributed by atoms with Crippen LogP contribution in [0.4, 0.5) is 4.79 Å². The second-order valence-electron chi connectivity index (χ2n) is 3.58. The first-order valence-corrected chi connectivity index (χ1v) is 6.11. The Labute approximate surface area is 89.0 Å². The highest BCUT2D eigenvalue weighted by Gasteiger charge is 2.18. The highest BCUT2D eigenvalue weighted by atomic mass is 32.2. The smallest absolute Gasteiger partial charge is 0.317 e. The molecule has 1 fully saturated rings. The Balaban J connectivity index is 2.01. The maximum absolute atomic E-state index is 11.1. The zero-order valence-corrected chi connectivity index (χ0v) is 9.35. The van der Waals surface area contributed by atoms with Gasteiger partial charge in [-0.1, -0.05) is 6.92 Å². The van der Waals surface area contributed by atoms with Gasteiger partial charge in [-0.2, -0.15) is 11.8 Å². The number of carbonyl (C=O) groups excluding carboxylic acids is 1. The van der Waals surface area contributed by atoms with Gasteiger partial charge in [-0.25, -0.2) is 4.79 Å². The molecule has 1 rings (SSSR count). The summed E-state index contributed by atoms with van der Waals surface area (Å²) < 4.78 is 0. The summed E-state index contributed by atoms with van der Waals surface area (Å²) in [7, 11) is 0. The van der Waals surface area contributed by atoms with Crippen LogP contribution in [-0.4, -0.2) is 53.8 Å². The molecule has 1 aliphatic rings. The van der Waals surface area contributed by atoms with Gasteiger partial charge in [0.05, 0.1) is 0 Å². The molecule has 5 heteroatoms. The fourth-order valence-electron chi connectivity index (χ4n) is 1.24. The van der Waals surface area contributed by atoms with Gasteiger partial charge >= 0.3 is 6.03 Å². The van der Waals surface area contributed by atoms with Crippen LogP contribution in [0.15, 0.2) is 0 Å². The third-order valence-corrected chi connectivity index (χ3v) is 3.44. The lowest BCUT2D eigenvalue weighted by Gasteiger charge is -2.14. The zero-order chi connectivity index (χ0) is 10.4. The van der Waals surface area contributed by atoms with Crippen LogP contribution in [0.3, 0.4) is 0 Å². The molecule has 1 atom stereocenters. The standard InChI is InChI=1S/C9H18N2O2S/c1-8(6-12)7-14-5-4-11-3-2-10-9(11)13/h8,12H,2-7H2,1H3,(H,10,13). The molecule has 0 radical (unpaired) electrons. The SMILES string of the molecule is CC(CO)CSCCN1CCNC1=O. The number of thioether (sulfide) groups is 1. The molecule has 1 unspecified atom stereocenters. The number of aliphatic hydroxyl groups excluding tert-OH is 1. The molecule has 2 N–H and O–H groups in total. The van der Waals surface area contributed by atoms with Crippen LogP contribution in [0.25, 0.3) is 0 Å². The highest BCUT2D eigenvalue weighted by molar-refractivity contribution is 7.99. The molecule has 2 amide bonds. The van der Waals surface area contributed by atoms with Gasteiger partial charge in [0, 0.05) is 32.0 Å². The number of carbonyl (C=O) groups is 1. The van der Waals surface area contributed by atoms with E-state index in [1.807, 2.05) is 11.8 Å². The largest absolute Gasteiger partial charge is 0.396 e. The van der Waals surface area contributed by atoms with E-state index in [4.69, 9.17) is 5.11 Å². The molecule has 0 bridgehead atoms. The first kappa shape index (κ1) is 11.7. The van der Waals surface area contributed by atoms with E-state index in [0.29, 0.717) is 5.92 Å². The number of amides is 2. The number of aliphatic hydroxyl groups is 1. The van der Waals surface area contributed by atoms with Crippen molar-refractivity contribution in [2.75, 3.05) is 37.7 Å². The zero-order valence-electron chi connectivity index (χ0n) is 8.53. The second-order valence-corrected chi connectivity index (χ2v) is 4.73. The molecule has 1 aliphatic heterocycles. The summed E-state index contributed by atoms with van der Waals surface area (Å²) >= 11 is 1.79. The average molecular weight is 218 g/mol. The molecule has 0 aromatic rings. The molecule has 4 nitrogen and oxygen atoms in total. The van der Waals surface area contributed by atoms with E-state index in [1.54, 1.807) is 11.8 Å². The molecular weight excluding hydrogens is 200 g/mol. The molecule has 0 aromatic carbocycles. The van der Waals surface area contributed by atoms with Gasteiger partial charge in [-0.3, -0.25) is 0 Å². The Morgan fingerprint density at radius 2 is 2.50 bits per heavy atom. The van der Waals surface area contributed by atoms with E-state index in [2.05, 4.69) is 5.32 Å². The van der Waals surface area contributed by atoms with Crippen molar-refractivity contribution in [3.05, 3.63) is 0 Å². The van der Waals surface area contributed by atoms with Crippen LogP contribution in [0, 0.1) is 5.92 Å². The summed E-state index contributed by atoms with van der Waals surface area (Å²) in [5.74, 6) is 2.27. The summed E-state index contributed by atoms with van der Waals surface area (Å²) in [5, 5.41) is 11.6. The van der Waals surface area contributed by atoms with Crippen LogP contribution in [0.5, 0.6) is 0 Å². The highest BCUT2D eigenvalue weighted by Crippen LogP contribution is 2.08. The minimum absolute atomic E-state index is 0.0563. The van der Waals surface area contributed by atoms with Gasteiger partial charge in [0.1, 0.15) is 0 Å². The maximum atomic E-state index is 11.1. The van der Waals surface area contributed by atoms with Crippen molar-refractivity contribution in [1.82, 2.24) is 10.2 Å². The Kier molecular flexibility index (Phi) is 5.11. The molecule has 0 aliphatic carbocycles. The van der Waals surface area contributed by atoms with Crippen LogP contribution in [-0.2, 0) is 0 Å². The van der Waals surface area contributed by atoms with Gasteiger partial charge < -0.3 is 15.3 Å². The first-order valence-electron chi connectivity index (χ1n) is 4.95. The Morgan fingerprint density at radius 3 is 3.07 bits per heavy atom. The average Bonchev–Trinajstić information content (AvgIpc) is 2.58. The summed E-state index contributed by atoms with van der Waals surface area (Å²) in [6.45, 7) is 4.69. The monoisotopic (exact) mass is 218 g/mol. The number of nitrogens with zero attached hydrogens (tertiary/aromatic N) is 1. The predicted molar refractivity (Wildman–Crippen MR) is 58.5 cm³/mol. The summed E-state index contributed by atoms with van der Waals surface area (Å²) in [6, 6.07) is 0.0563. The van der Waals surface area contributed by atoms with E-state index in [-0.39, 0.29) is 12.6 Å². The van der Waals surface area contributed by atoms with Crippen LogP contribution < -0.4 is 5.32 Å². The lowest BCUT2D eigenvalue weighted by atomic mass is 10.2. The minimum atomic E-state index is 0.0563. The van der Waals surface area contributed by atoms with Crippen molar-refractivity contribution in [2.45, 2.75) is 6.92 Å². The summed E-state index contributed by atoms with van der Waals surface area (Å²) in [4.78, 5) is 13.0. The number of hydrogen-bond donors (Lipinski definition) is 2. The minimum Gasteiger partial charge on any atom is -0.396 e. The van der Waals surface area contributed by atoms with Gasteiger partial charge in [0.25, 0.3) is 0 Å². The predicted octanol–water partition coefficient (Wildman–Crippen LogP) is 0.373. The van der Waals surface area contributed by atoms with Gasteiger partial charge in [0.15, 0.2) is 0 Å². The van der Waals surface area contributed by atoms with E-state index >= 15 is 0 Å². The fourth-order valence-corrected chi connectivity index (χ4v) is 2.26. The normalized spacial score (nSPS) is 18.4. The van der Waals surface area contributed by atoms with Gasteiger partial charge in [0.2, 0.25) is 0 Å². The van der Waals surface area contributed by atoms with E-state index in [9.17, 15) is 4.79 Å². The molecule has 82 valence electrons. The third kappa shape index (κ3) is 3.75. The lowest BCUT2D eigenvalue weighted by molar-refractivity contribution is 0.220. The van der Waals surface area contributed by atoms with Crippen molar-refractivity contribution < 1.29 is 9.90 Å². The third-order valence-electron chi connectivity index (χ3n) is 2.16. The summed E-state index contributed by atoms with van der Waals surface area (Å²) in [6.07, 6.45) is 0. The maximum Gasteiger partial charge on any atom is 0.317 e. The molecule has 1 saturated heterocycles. The van der Waals surface area contributed by atoms with Crippen molar-refractivity contribution >= 4 is 17.8 Å². The Hall–Kier alpha value is -0.420. The molecular formula is C9H18N2O2S. The topological polar surface area (TPSA) is 52.6 Å². The molecule has 0 aromatic heterocycles. The Bertz CT molecular complexity index is 190. The van der Waals surface area contributed by atoms with Gasteiger partial charge in [-0.15, -0.1) is 0 Å². The molecule has 1 heterocycles. The fraction of sp³-hybridized carbons (Fsp3) is 0.889.